The predicted octanol–water partition coefficient (Wildman–Crippen LogP) is 6.06. The topological polar surface area (TPSA) is 78.7 Å². The lowest BCUT2D eigenvalue weighted by Gasteiger charge is -2.34. The summed E-state index contributed by atoms with van der Waals surface area (Å²) in [6, 6.07) is 11.7. The van der Waals surface area contributed by atoms with E-state index in [1.54, 1.807) is 0 Å². The number of nitro groups is 1. The van der Waals surface area contributed by atoms with E-state index >= 15 is 0 Å². The molecule has 2 fully saturated rings. The number of carbonyl (C=O) groups is 1. The van der Waals surface area contributed by atoms with E-state index in [4.69, 9.17) is 0 Å². The Morgan fingerprint density at radius 3 is 2.31 bits per heavy atom. The number of rotatable bonds is 9. The molecule has 1 amide bonds. The van der Waals surface area contributed by atoms with Crippen LogP contribution >= 0.6 is 0 Å². The second-order valence-electron chi connectivity index (χ2n) is 10.9. The summed E-state index contributed by atoms with van der Waals surface area (Å²) in [5, 5.41) is 14.0. The first-order valence-electron chi connectivity index (χ1n) is 13.8. The van der Waals surface area contributed by atoms with Crippen molar-refractivity contribution in [3.63, 3.8) is 0 Å². The van der Waals surface area contributed by atoms with E-state index in [1.807, 2.05) is 4.90 Å². The van der Waals surface area contributed by atoms with Crippen LogP contribution in [0.15, 0.2) is 42.5 Å². The molecule has 0 unspecified atom stereocenters. The van der Waals surface area contributed by atoms with Crippen LogP contribution in [0.1, 0.15) is 55.2 Å². The van der Waals surface area contributed by atoms with Crippen LogP contribution in [0.3, 0.4) is 0 Å². The fraction of sp³-hybridized carbons (Fsp3) is 0.552. The number of aryl methyl sites for hydroxylation is 1. The molecular weight excluding hydrogens is 509 g/mol. The van der Waals surface area contributed by atoms with Gasteiger partial charge in [0.2, 0.25) is 5.91 Å². The zero-order valence-corrected chi connectivity index (χ0v) is 22.4. The number of nitrogens with zero attached hydrogens (tertiary/aromatic N) is 3. The quantitative estimate of drug-likeness (QED) is 0.306. The van der Waals surface area contributed by atoms with Crippen molar-refractivity contribution in [1.29, 1.82) is 0 Å². The standard InChI is InChI=1S/C29H37F3N4O3/c1-21-4-6-22(7-5-21)19-23-10-15-34(16-11-23)14-2-3-28(37)35-17-12-24(13-18-35)33-25-8-9-27(36(38)39)26(20-25)29(30,31)32/h4-9,20,23-24,33H,2-3,10-19H2,1H3. The van der Waals surface area contributed by atoms with E-state index in [0.717, 1.165) is 44.6 Å². The number of anilines is 1. The highest BCUT2D eigenvalue weighted by Gasteiger charge is 2.38. The van der Waals surface area contributed by atoms with Gasteiger partial charge >= 0.3 is 6.18 Å². The second kappa shape index (κ2) is 12.8. The maximum atomic E-state index is 13.3. The first-order chi connectivity index (χ1) is 18.6. The Morgan fingerprint density at radius 1 is 1.03 bits per heavy atom. The third-order valence-electron chi connectivity index (χ3n) is 7.93. The van der Waals surface area contributed by atoms with E-state index in [9.17, 15) is 28.1 Å². The minimum Gasteiger partial charge on any atom is -0.382 e. The van der Waals surface area contributed by atoms with Gasteiger partial charge in [-0.25, -0.2) is 0 Å². The summed E-state index contributed by atoms with van der Waals surface area (Å²) < 4.78 is 39.8. The van der Waals surface area contributed by atoms with Gasteiger partial charge in [-0.3, -0.25) is 14.9 Å². The van der Waals surface area contributed by atoms with Crippen molar-refractivity contribution >= 4 is 17.3 Å². The van der Waals surface area contributed by atoms with Gasteiger partial charge in [-0.15, -0.1) is 0 Å². The molecule has 212 valence electrons. The van der Waals surface area contributed by atoms with Crippen LogP contribution in [0.2, 0.25) is 0 Å². The molecule has 0 radical (unpaired) electrons. The first kappa shape index (κ1) is 28.9. The Kier molecular flexibility index (Phi) is 9.48. The highest BCUT2D eigenvalue weighted by atomic mass is 19.4. The largest absolute Gasteiger partial charge is 0.423 e. The monoisotopic (exact) mass is 546 g/mol. The summed E-state index contributed by atoms with van der Waals surface area (Å²) in [4.78, 5) is 27.0. The Balaban J connectivity index is 1.14. The number of amides is 1. The zero-order valence-electron chi connectivity index (χ0n) is 22.4. The van der Waals surface area contributed by atoms with E-state index in [-0.39, 0.29) is 17.6 Å². The lowest BCUT2D eigenvalue weighted by Crippen LogP contribution is -2.42. The van der Waals surface area contributed by atoms with E-state index in [2.05, 4.69) is 41.4 Å². The molecule has 0 bridgehead atoms. The molecule has 0 atom stereocenters. The van der Waals surface area contributed by atoms with Gasteiger partial charge in [0.25, 0.3) is 5.69 Å². The number of alkyl halides is 3. The van der Waals surface area contributed by atoms with Gasteiger partial charge in [0, 0.05) is 37.3 Å². The van der Waals surface area contributed by atoms with E-state index < -0.39 is 22.4 Å². The van der Waals surface area contributed by atoms with Crippen LogP contribution in [0.4, 0.5) is 24.5 Å². The van der Waals surface area contributed by atoms with Crippen molar-refractivity contribution in [2.45, 2.75) is 64.1 Å². The van der Waals surface area contributed by atoms with Gasteiger partial charge in [-0.2, -0.15) is 13.2 Å². The summed E-state index contributed by atoms with van der Waals surface area (Å²) >= 11 is 0. The normalized spacial score (nSPS) is 17.8. The summed E-state index contributed by atoms with van der Waals surface area (Å²) in [7, 11) is 0. The fourth-order valence-corrected chi connectivity index (χ4v) is 5.60. The highest BCUT2D eigenvalue weighted by Crippen LogP contribution is 2.38. The zero-order chi connectivity index (χ0) is 28.0. The number of nitrogens with one attached hydrogen (secondary N) is 1. The van der Waals surface area contributed by atoms with Crippen LogP contribution in [0, 0.1) is 23.0 Å². The molecule has 2 aliphatic heterocycles. The van der Waals surface area contributed by atoms with Crippen molar-refractivity contribution < 1.29 is 22.9 Å². The van der Waals surface area contributed by atoms with Crippen LogP contribution in [0.25, 0.3) is 0 Å². The Morgan fingerprint density at radius 2 is 1.69 bits per heavy atom. The lowest BCUT2D eigenvalue weighted by molar-refractivity contribution is -0.388. The van der Waals surface area contributed by atoms with Gasteiger partial charge in [-0.1, -0.05) is 29.8 Å². The molecule has 39 heavy (non-hydrogen) atoms. The molecule has 10 heteroatoms. The number of halogens is 3. The maximum Gasteiger partial charge on any atom is 0.423 e. The summed E-state index contributed by atoms with van der Waals surface area (Å²) in [5.74, 6) is 0.837. The Labute approximate surface area is 227 Å². The minimum atomic E-state index is -4.81. The van der Waals surface area contributed by atoms with Crippen LogP contribution in [-0.4, -0.2) is 59.4 Å². The summed E-state index contributed by atoms with van der Waals surface area (Å²) in [6.07, 6.45) is 1.22. The van der Waals surface area contributed by atoms with Crippen LogP contribution in [0.5, 0.6) is 0 Å². The van der Waals surface area contributed by atoms with Gasteiger partial charge in [-0.05, 0) is 88.7 Å². The number of carbonyl (C=O) groups excluding carboxylic acids is 1. The Hall–Kier alpha value is -3.14. The molecule has 0 spiro atoms. The van der Waals surface area contributed by atoms with Gasteiger partial charge < -0.3 is 15.1 Å². The van der Waals surface area contributed by atoms with Crippen molar-refractivity contribution in [1.82, 2.24) is 9.80 Å². The highest BCUT2D eigenvalue weighted by molar-refractivity contribution is 5.76. The summed E-state index contributed by atoms with van der Waals surface area (Å²) in [6.45, 7) is 6.25. The van der Waals surface area contributed by atoms with Crippen molar-refractivity contribution in [2.24, 2.45) is 5.92 Å². The fourth-order valence-electron chi connectivity index (χ4n) is 5.60. The number of piperidine rings is 2. The maximum absolute atomic E-state index is 13.3. The smallest absolute Gasteiger partial charge is 0.382 e. The van der Waals surface area contributed by atoms with Crippen molar-refractivity contribution in [2.75, 3.05) is 38.0 Å². The first-order valence-corrected chi connectivity index (χ1v) is 13.8. The molecule has 2 aromatic rings. The summed E-state index contributed by atoms with van der Waals surface area (Å²) in [5.41, 5.74) is 0.665. The van der Waals surface area contributed by atoms with Crippen molar-refractivity contribution in [3.05, 3.63) is 69.3 Å². The number of hydrogen-bond acceptors (Lipinski definition) is 5. The van der Waals surface area contributed by atoms with Crippen LogP contribution in [-0.2, 0) is 17.4 Å². The molecule has 0 saturated carbocycles. The second-order valence-corrected chi connectivity index (χ2v) is 10.9. The molecule has 2 aromatic carbocycles. The average molecular weight is 547 g/mol. The average Bonchev–Trinajstić information content (AvgIpc) is 2.91. The number of hydrogen-bond donors (Lipinski definition) is 1. The predicted molar refractivity (Wildman–Crippen MR) is 145 cm³/mol. The van der Waals surface area contributed by atoms with Crippen molar-refractivity contribution in [3.8, 4) is 0 Å². The molecule has 1 N–H and O–H groups in total. The Bertz CT molecular complexity index is 1120. The van der Waals surface area contributed by atoms with E-state index in [0.29, 0.717) is 38.3 Å². The van der Waals surface area contributed by atoms with Gasteiger partial charge in [0.1, 0.15) is 5.56 Å². The SMILES string of the molecule is Cc1ccc(CC2CCN(CCCC(=O)N3CCC(Nc4ccc([N+](=O)[O-])c(C(F)(F)F)c4)CC3)CC2)cc1. The number of likely N-dealkylation sites (tertiary alicyclic amines) is 2. The molecular formula is C29H37F3N4O3. The van der Waals surface area contributed by atoms with Gasteiger partial charge in [0.05, 0.1) is 4.92 Å². The van der Waals surface area contributed by atoms with Gasteiger partial charge in [0.15, 0.2) is 0 Å². The molecule has 2 aliphatic rings. The van der Waals surface area contributed by atoms with Crippen LogP contribution < -0.4 is 5.32 Å². The molecule has 7 nitrogen and oxygen atoms in total. The number of benzene rings is 2. The van der Waals surface area contributed by atoms with E-state index in [1.165, 1.54) is 30.0 Å². The molecule has 4 rings (SSSR count). The third-order valence-corrected chi connectivity index (χ3v) is 7.93. The minimum absolute atomic E-state index is 0.0993. The lowest BCUT2D eigenvalue weighted by atomic mass is 9.90. The molecule has 0 aliphatic carbocycles. The number of nitro benzene ring substituents is 1. The third kappa shape index (κ3) is 8.17. The molecule has 2 heterocycles. The molecule has 0 aromatic heterocycles. The molecule has 2 saturated heterocycles.